The van der Waals surface area contributed by atoms with E-state index in [1.807, 2.05) is 6.92 Å². The first-order chi connectivity index (χ1) is 19.4. The average Bonchev–Trinajstić information content (AvgIpc) is 3.50. The summed E-state index contributed by atoms with van der Waals surface area (Å²) in [5.74, 6) is 0.340. The number of benzene rings is 1. The molecule has 12 nitrogen and oxygen atoms in total. The van der Waals surface area contributed by atoms with Gasteiger partial charge < -0.3 is 24.9 Å². The Morgan fingerprint density at radius 3 is 2.73 bits per heavy atom. The van der Waals surface area contributed by atoms with E-state index in [-0.39, 0.29) is 29.0 Å². The number of aryl methyl sites for hydroxylation is 1. The number of sulfonamides is 2. The fraction of sp³-hybridized carbons (Fsp3) is 0.500. The standard InChI is InChI=1S/C26H34ClN5O7S2/c1-17-24(27)23-11-22(14-30-25(23)31-17)41(36,37)32-8-6-26(7-9-32)12-18(15-39-26)29-13-19(33)16-38-20-4-3-5-21(10-20)40(34,35)28-2/h3-5,10-11,14,18-19,28-29,33H,6-9,12-13,15-16H2,1-2H3,(H,30,31)/t18-,19+/m1/s1. The summed E-state index contributed by atoms with van der Waals surface area (Å²) in [7, 11) is -6.00. The van der Waals surface area contributed by atoms with Gasteiger partial charge in [-0.1, -0.05) is 17.7 Å². The number of fused-ring (bicyclic) bond motifs is 1. The molecule has 224 valence electrons. The van der Waals surface area contributed by atoms with E-state index in [4.69, 9.17) is 21.1 Å². The molecular formula is C26H34ClN5O7S2. The molecule has 1 spiro atoms. The van der Waals surface area contributed by atoms with Crippen LogP contribution in [0.25, 0.3) is 11.0 Å². The normalized spacial score (nSPS) is 20.5. The smallest absolute Gasteiger partial charge is 0.244 e. The second kappa shape index (κ2) is 11.8. The molecule has 0 saturated carbocycles. The van der Waals surface area contributed by atoms with Crippen LogP contribution < -0.4 is 14.8 Å². The summed E-state index contributed by atoms with van der Waals surface area (Å²) in [6, 6.07) is 7.63. The highest BCUT2D eigenvalue weighted by molar-refractivity contribution is 7.89. The van der Waals surface area contributed by atoms with E-state index in [0.29, 0.717) is 60.8 Å². The summed E-state index contributed by atoms with van der Waals surface area (Å²) in [5.41, 5.74) is 0.860. The molecule has 0 amide bonds. The Morgan fingerprint density at radius 1 is 1.24 bits per heavy atom. The molecule has 2 saturated heterocycles. The number of hydrogen-bond donors (Lipinski definition) is 4. The molecule has 2 aliphatic heterocycles. The number of nitrogens with one attached hydrogen (secondary N) is 3. The van der Waals surface area contributed by atoms with E-state index < -0.39 is 31.8 Å². The predicted molar refractivity (Wildman–Crippen MR) is 153 cm³/mol. The Balaban J connectivity index is 1.10. The summed E-state index contributed by atoms with van der Waals surface area (Å²) in [4.78, 5) is 7.49. The van der Waals surface area contributed by atoms with Gasteiger partial charge in [0.15, 0.2) is 0 Å². The minimum atomic E-state index is -3.74. The van der Waals surface area contributed by atoms with Crippen molar-refractivity contribution in [2.75, 3.05) is 39.9 Å². The number of pyridine rings is 1. The second-order valence-electron chi connectivity index (χ2n) is 10.5. The third-order valence-corrected chi connectivity index (χ3v) is 11.4. The number of aliphatic hydroxyl groups excluding tert-OH is 1. The van der Waals surface area contributed by atoms with Crippen LogP contribution in [0.1, 0.15) is 25.0 Å². The van der Waals surface area contributed by atoms with Crippen molar-refractivity contribution in [1.82, 2.24) is 24.3 Å². The molecular weight excluding hydrogens is 594 g/mol. The maximum atomic E-state index is 13.3. The Labute approximate surface area is 244 Å². The van der Waals surface area contributed by atoms with Crippen LogP contribution in [-0.4, -0.2) is 93.9 Å². The van der Waals surface area contributed by atoms with Gasteiger partial charge in [0.05, 0.1) is 22.1 Å². The Morgan fingerprint density at radius 2 is 2.00 bits per heavy atom. The molecule has 2 atom stereocenters. The fourth-order valence-corrected chi connectivity index (χ4v) is 7.67. The quantitative estimate of drug-likeness (QED) is 0.262. The van der Waals surface area contributed by atoms with Crippen molar-refractivity contribution in [2.24, 2.45) is 0 Å². The first-order valence-corrected chi connectivity index (χ1v) is 16.6. The number of ether oxygens (including phenoxy) is 2. The number of nitrogens with zero attached hydrogens (tertiary/aromatic N) is 2. The Kier molecular flexibility index (Phi) is 8.66. The Hall–Kier alpha value is -2.30. The number of aromatic nitrogens is 2. The van der Waals surface area contributed by atoms with E-state index >= 15 is 0 Å². The largest absolute Gasteiger partial charge is 0.491 e. The SMILES string of the molecule is CNS(=O)(=O)c1cccc(OC[C@@H](O)CN[C@H]2COC3(CCN(S(=O)(=O)c4cnc5[nH]c(C)c(Cl)c5c4)CC3)C2)c1. The van der Waals surface area contributed by atoms with Crippen LogP contribution in [0.15, 0.2) is 46.3 Å². The van der Waals surface area contributed by atoms with Gasteiger partial charge in [-0.3, -0.25) is 0 Å². The van der Waals surface area contributed by atoms with Gasteiger partial charge in [0.25, 0.3) is 0 Å². The molecule has 2 fully saturated rings. The second-order valence-corrected chi connectivity index (χ2v) is 14.7. The lowest BCUT2D eigenvalue weighted by Gasteiger charge is -2.38. The lowest BCUT2D eigenvalue weighted by Crippen LogP contribution is -2.47. The van der Waals surface area contributed by atoms with E-state index in [2.05, 4.69) is 20.0 Å². The van der Waals surface area contributed by atoms with Crippen LogP contribution in [0.3, 0.4) is 0 Å². The van der Waals surface area contributed by atoms with Crippen molar-refractivity contribution >= 4 is 42.7 Å². The minimum absolute atomic E-state index is 0.00230. The first-order valence-electron chi connectivity index (χ1n) is 13.3. The summed E-state index contributed by atoms with van der Waals surface area (Å²) < 4.78 is 66.1. The van der Waals surface area contributed by atoms with Gasteiger partial charge in [-0.15, -0.1) is 0 Å². The molecule has 41 heavy (non-hydrogen) atoms. The Bertz CT molecular complexity index is 1620. The molecule has 4 heterocycles. The molecule has 0 aliphatic carbocycles. The molecule has 15 heteroatoms. The summed E-state index contributed by atoms with van der Waals surface area (Å²) in [6.45, 7) is 3.15. The summed E-state index contributed by atoms with van der Waals surface area (Å²) in [6.07, 6.45) is 2.34. The van der Waals surface area contributed by atoms with Crippen LogP contribution in [0.4, 0.5) is 0 Å². The zero-order valence-electron chi connectivity index (χ0n) is 22.8. The van der Waals surface area contributed by atoms with Crippen LogP contribution in [-0.2, 0) is 24.8 Å². The van der Waals surface area contributed by atoms with Crippen LogP contribution in [0, 0.1) is 6.92 Å². The number of H-pyrrole nitrogens is 1. The zero-order chi connectivity index (χ0) is 29.4. The molecule has 0 radical (unpaired) electrons. The molecule has 5 rings (SSSR count). The molecule has 2 aliphatic rings. The number of piperidine rings is 1. The highest BCUT2D eigenvalue weighted by atomic mass is 35.5. The van der Waals surface area contributed by atoms with Gasteiger partial charge >= 0.3 is 0 Å². The lowest BCUT2D eigenvalue weighted by atomic mass is 9.88. The first kappa shape index (κ1) is 30.2. The number of hydrogen-bond acceptors (Lipinski definition) is 9. The van der Waals surface area contributed by atoms with Gasteiger partial charge in [-0.25, -0.2) is 26.5 Å². The van der Waals surface area contributed by atoms with E-state index in [0.717, 1.165) is 5.69 Å². The molecule has 2 aromatic heterocycles. The van der Waals surface area contributed by atoms with Crippen molar-refractivity contribution in [2.45, 2.75) is 53.7 Å². The number of halogens is 1. The molecule has 1 aromatic carbocycles. The molecule has 3 aromatic rings. The molecule has 0 bridgehead atoms. The van der Waals surface area contributed by atoms with Crippen LogP contribution in [0.2, 0.25) is 5.02 Å². The van der Waals surface area contributed by atoms with Gasteiger partial charge in [0, 0.05) is 49.0 Å². The van der Waals surface area contributed by atoms with Gasteiger partial charge in [-0.2, -0.15) is 4.31 Å². The molecule has 0 unspecified atom stereocenters. The monoisotopic (exact) mass is 627 g/mol. The van der Waals surface area contributed by atoms with Crippen molar-refractivity contribution in [3.63, 3.8) is 0 Å². The molecule has 4 N–H and O–H groups in total. The number of aliphatic hydroxyl groups is 1. The number of rotatable bonds is 10. The van der Waals surface area contributed by atoms with E-state index in [9.17, 15) is 21.9 Å². The van der Waals surface area contributed by atoms with E-state index in [1.54, 1.807) is 18.2 Å². The average molecular weight is 628 g/mol. The fourth-order valence-electron chi connectivity index (χ4n) is 5.30. The van der Waals surface area contributed by atoms with Gasteiger partial charge in [0.1, 0.15) is 29.0 Å². The lowest BCUT2D eigenvalue weighted by molar-refractivity contribution is -0.0312. The maximum absolute atomic E-state index is 13.3. The van der Waals surface area contributed by atoms with Gasteiger partial charge in [0.2, 0.25) is 20.0 Å². The zero-order valence-corrected chi connectivity index (χ0v) is 25.2. The van der Waals surface area contributed by atoms with Crippen molar-refractivity contribution < 1.29 is 31.4 Å². The maximum Gasteiger partial charge on any atom is 0.244 e. The highest BCUT2D eigenvalue weighted by Gasteiger charge is 2.44. The van der Waals surface area contributed by atoms with Crippen molar-refractivity contribution in [3.05, 3.63) is 47.2 Å². The van der Waals surface area contributed by atoms with Gasteiger partial charge in [-0.05, 0) is 51.4 Å². The third-order valence-electron chi connectivity index (χ3n) is 7.68. The van der Waals surface area contributed by atoms with Crippen molar-refractivity contribution in [3.8, 4) is 5.75 Å². The highest BCUT2D eigenvalue weighted by Crippen LogP contribution is 2.38. The summed E-state index contributed by atoms with van der Waals surface area (Å²) in [5, 5.41) is 14.8. The van der Waals surface area contributed by atoms with Crippen LogP contribution in [0.5, 0.6) is 5.75 Å². The topological polar surface area (TPSA) is 163 Å². The summed E-state index contributed by atoms with van der Waals surface area (Å²) >= 11 is 6.31. The van der Waals surface area contributed by atoms with E-state index in [1.165, 1.54) is 29.7 Å². The minimum Gasteiger partial charge on any atom is -0.491 e. The predicted octanol–water partition coefficient (Wildman–Crippen LogP) is 1.77. The van der Waals surface area contributed by atoms with Crippen LogP contribution >= 0.6 is 11.6 Å². The van der Waals surface area contributed by atoms with Crippen molar-refractivity contribution in [1.29, 1.82) is 0 Å². The third kappa shape index (κ3) is 6.39. The number of aromatic amines is 1.